The number of nitrogens with one attached hydrogen (secondary N) is 1. The van der Waals surface area contributed by atoms with Crippen LogP contribution in [0.1, 0.15) is 17.8 Å². The Morgan fingerprint density at radius 1 is 1.30 bits per heavy atom. The third-order valence-corrected chi connectivity index (χ3v) is 4.25. The zero-order valence-corrected chi connectivity index (χ0v) is 13.2. The predicted molar refractivity (Wildman–Crippen MR) is 84.5 cm³/mol. The second kappa shape index (κ2) is 7.11. The highest BCUT2D eigenvalue weighted by Gasteiger charge is 2.10. The van der Waals surface area contributed by atoms with Gasteiger partial charge in [-0.15, -0.1) is 0 Å². The molecule has 108 valence electrons. The standard InChI is InChI=1S/C15H19Cl2N3/c1-18-12(4-6-15-19-7-8-20(15)2)9-11-3-5-13(16)14(17)10-11/h3,5,7-8,10,12,18H,4,6,9H2,1-2H3. The van der Waals surface area contributed by atoms with Gasteiger partial charge in [0.15, 0.2) is 0 Å². The van der Waals surface area contributed by atoms with E-state index in [9.17, 15) is 0 Å². The van der Waals surface area contributed by atoms with Gasteiger partial charge in [-0.05, 0) is 37.6 Å². The maximum Gasteiger partial charge on any atom is 0.108 e. The number of nitrogens with zero attached hydrogens (tertiary/aromatic N) is 2. The number of hydrogen-bond acceptors (Lipinski definition) is 2. The molecular weight excluding hydrogens is 293 g/mol. The Bertz CT molecular complexity index is 566. The lowest BCUT2D eigenvalue weighted by atomic mass is 10.0. The Morgan fingerprint density at radius 3 is 2.70 bits per heavy atom. The van der Waals surface area contributed by atoms with Crippen LogP contribution in [0.2, 0.25) is 10.0 Å². The highest BCUT2D eigenvalue weighted by atomic mass is 35.5. The monoisotopic (exact) mass is 311 g/mol. The molecule has 1 N–H and O–H groups in total. The third kappa shape index (κ3) is 3.98. The molecule has 0 aliphatic heterocycles. The predicted octanol–water partition coefficient (Wildman–Crippen LogP) is 3.49. The highest BCUT2D eigenvalue weighted by Crippen LogP contribution is 2.23. The van der Waals surface area contributed by atoms with E-state index in [-0.39, 0.29) is 0 Å². The zero-order valence-electron chi connectivity index (χ0n) is 11.7. The van der Waals surface area contributed by atoms with Crippen LogP contribution in [0.3, 0.4) is 0 Å². The Hall–Kier alpha value is -1.03. The number of aryl methyl sites for hydroxylation is 2. The van der Waals surface area contributed by atoms with Gasteiger partial charge < -0.3 is 9.88 Å². The lowest BCUT2D eigenvalue weighted by Gasteiger charge is -2.16. The fourth-order valence-corrected chi connectivity index (χ4v) is 2.56. The van der Waals surface area contributed by atoms with Gasteiger partial charge in [0, 0.05) is 31.9 Å². The van der Waals surface area contributed by atoms with Gasteiger partial charge in [-0.2, -0.15) is 0 Å². The second-order valence-corrected chi connectivity index (χ2v) is 5.75. The van der Waals surface area contributed by atoms with Crippen LogP contribution in [0.4, 0.5) is 0 Å². The van der Waals surface area contributed by atoms with Gasteiger partial charge in [0.2, 0.25) is 0 Å². The van der Waals surface area contributed by atoms with Gasteiger partial charge >= 0.3 is 0 Å². The van der Waals surface area contributed by atoms with Crippen molar-refractivity contribution in [1.82, 2.24) is 14.9 Å². The number of hydrogen-bond donors (Lipinski definition) is 1. The number of likely N-dealkylation sites (N-methyl/N-ethyl adjacent to an activating group) is 1. The van der Waals surface area contributed by atoms with Crippen molar-refractivity contribution in [2.45, 2.75) is 25.3 Å². The fourth-order valence-electron chi connectivity index (χ4n) is 2.24. The fraction of sp³-hybridized carbons (Fsp3) is 0.400. The van der Waals surface area contributed by atoms with E-state index in [4.69, 9.17) is 23.2 Å². The Balaban J connectivity index is 1.95. The first-order chi connectivity index (χ1) is 9.60. The van der Waals surface area contributed by atoms with E-state index >= 15 is 0 Å². The molecule has 0 saturated carbocycles. The smallest absolute Gasteiger partial charge is 0.108 e. The molecule has 5 heteroatoms. The van der Waals surface area contributed by atoms with Crippen molar-refractivity contribution in [3.05, 3.63) is 52.0 Å². The second-order valence-electron chi connectivity index (χ2n) is 4.93. The van der Waals surface area contributed by atoms with Crippen LogP contribution >= 0.6 is 23.2 Å². The number of aromatic nitrogens is 2. The Kier molecular flexibility index (Phi) is 5.46. The van der Waals surface area contributed by atoms with E-state index in [2.05, 4.69) is 14.9 Å². The summed E-state index contributed by atoms with van der Waals surface area (Å²) in [6.45, 7) is 0. The van der Waals surface area contributed by atoms with Gasteiger partial charge in [0.05, 0.1) is 10.0 Å². The Morgan fingerprint density at radius 2 is 2.10 bits per heavy atom. The topological polar surface area (TPSA) is 29.9 Å². The summed E-state index contributed by atoms with van der Waals surface area (Å²) < 4.78 is 2.06. The van der Waals surface area contributed by atoms with Gasteiger partial charge in [-0.1, -0.05) is 29.3 Å². The molecule has 0 amide bonds. The normalized spacial score (nSPS) is 12.6. The van der Waals surface area contributed by atoms with E-state index in [0.717, 1.165) is 25.1 Å². The maximum absolute atomic E-state index is 6.05. The summed E-state index contributed by atoms with van der Waals surface area (Å²) >= 11 is 12.0. The van der Waals surface area contributed by atoms with Crippen LogP contribution in [0.25, 0.3) is 0 Å². The van der Waals surface area contributed by atoms with Crippen molar-refractivity contribution in [3.63, 3.8) is 0 Å². The molecule has 2 aromatic rings. The summed E-state index contributed by atoms with van der Waals surface area (Å²) in [6.07, 6.45) is 6.72. The van der Waals surface area contributed by atoms with Gasteiger partial charge in [-0.3, -0.25) is 0 Å². The van der Waals surface area contributed by atoms with Crippen molar-refractivity contribution in [2.75, 3.05) is 7.05 Å². The minimum absolute atomic E-state index is 0.393. The summed E-state index contributed by atoms with van der Waals surface area (Å²) in [5, 5.41) is 4.57. The van der Waals surface area contributed by atoms with Crippen LogP contribution in [0.15, 0.2) is 30.6 Å². The molecule has 20 heavy (non-hydrogen) atoms. The molecule has 0 aliphatic rings. The minimum Gasteiger partial charge on any atom is -0.338 e. The summed E-state index contributed by atoms with van der Waals surface area (Å²) in [6, 6.07) is 6.21. The van der Waals surface area contributed by atoms with E-state index in [0.29, 0.717) is 16.1 Å². The van der Waals surface area contributed by atoms with E-state index in [1.54, 1.807) is 0 Å². The molecule has 1 aromatic heterocycles. The first-order valence-corrected chi connectivity index (χ1v) is 7.43. The molecule has 2 rings (SSSR count). The molecule has 0 fully saturated rings. The van der Waals surface area contributed by atoms with E-state index in [1.807, 2.05) is 44.7 Å². The lowest BCUT2D eigenvalue weighted by molar-refractivity contribution is 0.510. The van der Waals surface area contributed by atoms with Crippen LogP contribution in [-0.4, -0.2) is 22.6 Å². The molecule has 0 radical (unpaired) electrons. The molecular formula is C15H19Cl2N3. The number of benzene rings is 1. The molecule has 0 spiro atoms. The molecule has 1 unspecified atom stereocenters. The van der Waals surface area contributed by atoms with Crippen molar-refractivity contribution < 1.29 is 0 Å². The number of imidazole rings is 1. The van der Waals surface area contributed by atoms with Crippen molar-refractivity contribution in [1.29, 1.82) is 0 Å². The van der Waals surface area contributed by atoms with Crippen LogP contribution in [0, 0.1) is 0 Å². The van der Waals surface area contributed by atoms with Crippen LogP contribution in [0.5, 0.6) is 0 Å². The summed E-state index contributed by atoms with van der Waals surface area (Å²) in [4.78, 5) is 4.35. The minimum atomic E-state index is 0.393. The quantitative estimate of drug-likeness (QED) is 0.885. The van der Waals surface area contributed by atoms with Gasteiger partial charge in [0.25, 0.3) is 0 Å². The van der Waals surface area contributed by atoms with E-state index < -0.39 is 0 Å². The average Bonchev–Trinajstić information content (AvgIpc) is 2.84. The SMILES string of the molecule is CNC(CCc1nccn1C)Cc1ccc(Cl)c(Cl)c1. The van der Waals surface area contributed by atoms with Crippen LogP contribution in [-0.2, 0) is 19.9 Å². The highest BCUT2D eigenvalue weighted by molar-refractivity contribution is 6.42. The molecule has 1 heterocycles. The third-order valence-electron chi connectivity index (χ3n) is 3.51. The molecule has 1 atom stereocenters. The average molecular weight is 312 g/mol. The molecule has 0 bridgehead atoms. The van der Waals surface area contributed by atoms with Gasteiger partial charge in [-0.25, -0.2) is 4.98 Å². The largest absolute Gasteiger partial charge is 0.338 e. The zero-order chi connectivity index (χ0) is 14.5. The van der Waals surface area contributed by atoms with E-state index in [1.165, 1.54) is 5.56 Å². The molecule has 0 saturated heterocycles. The van der Waals surface area contributed by atoms with Crippen molar-refractivity contribution in [2.24, 2.45) is 7.05 Å². The first kappa shape index (κ1) is 15.4. The van der Waals surface area contributed by atoms with Crippen LogP contribution < -0.4 is 5.32 Å². The molecule has 1 aromatic carbocycles. The first-order valence-electron chi connectivity index (χ1n) is 6.67. The lowest BCUT2D eigenvalue weighted by Crippen LogP contribution is -2.28. The number of halogens is 2. The summed E-state index contributed by atoms with van der Waals surface area (Å²) in [5.74, 6) is 1.11. The van der Waals surface area contributed by atoms with Crippen molar-refractivity contribution in [3.8, 4) is 0 Å². The molecule has 3 nitrogen and oxygen atoms in total. The Labute approximate surface area is 129 Å². The number of rotatable bonds is 6. The maximum atomic E-state index is 6.05. The van der Waals surface area contributed by atoms with Crippen molar-refractivity contribution >= 4 is 23.2 Å². The summed E-state index contributed by atoms with van der Waals surface area (Å²) in [7, 11) is 4.01. The van der Waals surface area contributed by atoms with Gasteiger partial charge in [0.1, 0.15) is 5.82 Å². The molecule has 0 aliphatic carbocycles. The summed E-state index contributed by atoms with van der Waals surface area (Å²) in [5.41, 5.74) is 1.19.